The Morgan fingerprint density at radius 1 is 1.05 bits per heavy atom. The molecule has 21 heavy (non-hydrogen) atoms. The number of fused-ring (bicyclic) bond motifs is 2. The second-order valence-corrected chi connectivity index (χ2v) is 7.14. The van der Waals surface area contributed by atoms with Gasteiger partial charge < -0.3 is 9.19 Å². The van der Waals surface area contributed by atoms with Gasteiger partial charge in [-0.05, 0) is 37.9 Å². The van der Waals surface area contributed by atoms with E-state index in [9.17, 15) is 0 Å². The summed E-state index contributed by atoms with van der Waals surface area (Å²) in [7, 11) is 0. The molecular formula is C16H24BN4-. The lowest BCUT2D eigenvalue weighted by Gasteiger charge is -2.59. The number of hydrogen-bond donors (Lipinski definition) is 0. The second kappa shape index (κ2) is 4.75. The molecule has 0 unspecified atom stereocenters. The molecule has 2 aliphatic heterocycles. The number of aromatic nitrogens is 4. The lowest BCUT2D eigenvalue weighted by molar-refractivity contribution is 0.401. The Hall–Kier alpha value is -1.52. The van der Waals surface area contributed by atoms with Gasteiger partial charge in [0.05, 0.1) is 5.69 Å². The fraction of sp³-hybridized carbons (Fsp3) is 0.625. The summed E-state index contributed by atoms with van der Waals surface area (Å²) < 4.78 is 4.66. The highest BCUT2D eigenvalue weighted by Gasteiger charge is 2.49. The normalized spacial score (nSPS) is 32.3. The third kappa shape index (κ3) is 1.76. The zero-order valence-electron chi connectivity index (χ0n) is 13.1. The first-order valence-corrected chi connectivity index (χ1v) is 8.42. The van der Waals surface area contributed by atoms with Crippen molar-refractivity contribution >= 4 is 6.42 Å². The smallest absolute Gasteiger partial charge is 0.232 e. The van der Waals surface area contributed by atoms with Crippen LogP contribution in [0.3, 0.4) is 0 Å². The Bertz CT molecular complexity index is 622. The molecule has 4 rings (SSSR count). The largest absolute Gasteiger partial charge is 0.422 e. The van der Waals surface area contributed by atoms with Gasteiger partial charge in [0.25, 0.3) is 0 Å². The van der Waals surface area contributed by atoms with E-state index in [-0.39, 0.29) is 0 Å². The molecule has 0 aliphatic carbocycles. The number of aryl methyl sites for hydroxylation is 2. The standard InChI is InChI=1S/C16H24BN4/c1-13-10-12-20(19-13)17(21-14(2)9-11-18-21)15-5-3-6-16(17)8-4-7-15/h9-12,15-16H,3-8H2,1-2H3/q-1. The maximum Gasteiger partial charge on any atom is 0.232 e. The average Bonchev–Trinajstić information content (AvgIpc) is 3.06. The van der Waals surface area contributed by atoms with Crippen LogP contribution in [0.25, 0.3) is 0 Å². The van der Waals surface area contributed by atoms with Crippen LogP contribution in [0.5, 0.6) is 0 Å². The van der Waals surface area contributed by atoms with E-state index in [2.05, 4.69) is 41.4 Å². The van der Waals surface area contributed by atoms with E-state index in [0.29, 0.717) is 0 Å². The summed E-state index contributed by atoms with van der Waals surface area (Å²) in [4.78, 5) is 0. The van der Waals surface area contributed by atoms with Gasteiger partial charge in [-0.15, -0.1) is 11.6 Å². The molecule has 2 bridgehead atoms. The van der Waals surface area contributed by atoms with E-state index in [4.69, 9.17) is 10.2 Å². The molecular weight excluding hydrogens is 259 g/mol. The third-order valence-electron chi connectivity index (χ3n) is 6.11. The molecule has 2 aliphatic rings. The van der Waals surface area contributed by atoms with Crippen LogP contribution in [0.2, 0.25) is 11.6 Å². The molecule has 0 spiro atoms. The lowest BCUT2D eigenvalue weighted by Crippen LogP contribution is -2.62. The highest BCUT2D eigenvalue weighted by molar-refractivity contribution is 6.79. The Kier molecular flexibility index (Phi) is 2.98. The van der Waals surface area contributed by atoms with Crippen molar-refractivity contribution in [1.29, 1.82) is 0 Å². The molecule has 0 amide bonds. The van der Waals surface area contributed by atoms with Crippen molar-refractivity contribution in [1.82, 2.24) is 19.4 Å². The fourth-order valence-electron chi connectivity index (χ4n) is 5.36. The average molecular weight is 283 g/mol. The molecule has 2 aromatic heterocycles. The van der Waals surface area contributed by atoms with Crippen molar-refractivity contribution in [2.24, 2.45) is 0 Å². The van der Waals surface area contributed by atoms with Crippen molar-refractivity contribution in [2.45, 2.75) is 64.0 Å². The minimum atomic E-state index is -0.913. The first-order chi connectivity index (χ1) is 10.2. The van der Waals surface area contributed by atoms with Gasteiger partial charge in [0.15, 0.2) is 0 Å². The zero-order chi connectivity index (χ0) is 14.4. The van der Waals surface area contributed by atoms with Crippen LogP contribution in [-0.2, 0) is 0 Å². The molecule has 4 nitrogen and oxygen atoms in total. The highest BCUT2D eigenvalue weighted by atomic mass is 15.4. The van der Waals surface area contributed by atoms with Crippen LogP contribution in [0, 0.1) is 13.8 Å². The minimum Gasteiger partial charge on any atom is -0.422 e. The van der Waals surface area contributed by atoms with Crippen LogP contribution in [0.1, 0.15) is 49.9 Å². The maximum absolute atomic E-state index is 4.87. The molecule has 0 radical (unpaired) electrons. The van der Waals surface area contributed by atoms with Crippen molar-refractivity contribution in [3.63, 3.8) is 0 Å². The predicted molar refractivity (Wildman–Crippen MR) is 85.7 cm³/mol. The van der Waals surface area contributed by atoms with Gasteiger partial charge in [-0.25, -0.2) is 10.2 Å². The Morgan fingerprint density at radius 3 is 2.19 bits per heavy atom. The molecule has 5 heteroatoms. The van der Waals surface area contributed by atoms with Crippen molar-refractivity contribution in [2.75, 3.05) is 0 Å². The Balaban J connectivity index is 1.96. The summed E-state index contributed by atoms with van der Waals surface area (Å²) in [6.45, 7) is 4.28. The van der Waals surface area contributed by atoms with Crippen LogP contribution in [-0.4, -0.2) is 25.8 Å². The quantitative estimate of drug-likeness (QED) is 0.789. The van der Waals surface area contributed by atoms with Crippen molar-refractivity contribution < 1.29 is 0 Å². The zero-order valence-corrected chi connectivity index (χ0v) is 13.1. The monoisotopic (exact) mass is 283 g/mol. The predicted octanol–water partition coefficient (Wildman–Crippen LogP) is 3.64. The van der Waals surface area contributed by atoms with Gasteiger partial charge >= 0.3 is 0 Å². The van der Waals surface area contributed by atoms with Gasteiger partial charge in [0, 0.05) is 6.20 Å². The maximum atomic E-state index is 4.87. The molecule has 0 saturated carbocycles. The van der Waals surface area contributed by atoms with Crippen LogP contribution < -0.4 is 0 Å². The first kappa shape index (κ1) is 13.2. The molecule has 2 saturated heterocycles. The van der Waals surface area contributed by atoms with E-state index >= 15 is 0 Å². The first-order valence-electron chi connectivity index (χ1n) is 8.42. The van der Waals surface area contributed by atoms with E-state index in [0.717, 1.165) is 17.3 Å². The summed E-state index contributed by atoms with van der Waals surface area (Å²) >= 11 is 0. The molecule has 0 atom stereocenters. The van der Waals surface area contributed by atoms with Crippen LogP contribution in [0.4, 0.5) is 0 Å². The molecule has 2 fully saturated rings. The Labute approximate surface area is 126 Å². The van der Waals surface area contributed by atoms with Crippen LogP contribution in [0.15, 0.2) is 24.5 Å². The molecule has 0 aromatic carbocycles. The molecule has 0 N–H and O–H groups in total. The summed E-state index contributed by atoms with van der Waals surface area (Å²) in [5, 5.41) is 9.63. The van der Waals surface area contributed by atoms with Gasteiger partial charge in [0.1, 0.15) is 0 Å². The number of hydrogen-bond acceptors (Lipinski definition) is 2. The summed E-state index contributed by atoms with van der Waals surface area (Å²) in [5.74, 6) is 1.44. The fourth-order valence-corrected chi connectivity index (χ4v) is 5.36. The third-order valence-corrected chi connectivity index (χ3v) is 6.11. The van der Waals surface area contributed by atoms with Crippen molar-refractivity contribution in [3.05, 3.63) is 35.9 Å². The topological polar surface area (TPSA) is 35.6 Å². The summed E-state index contributed by atoms with van der Waals surface area (Å²) in [5.41, 5.74) is 2.40. The van der Waals surface area contributed by atoms with E-state index in [1.807, 2.05) is 6.20 Å². The van der Waals surface area contributed by atoms with Gasteiger partial charge in [-0.1, -0.05) is 38.5 Å². The van der Waals surface area contributed by atoms with Crippen LogP contribution >= 0.6 is 0 Å². The lowest BCUT2D eigenvalue weighted by atomic mass is 9.24. The molecule has 2 aromatic rings. The second-order valence-electron chi connectivity index (χ2n) is 7.14. The van der Waals surface area contributed by atoms with Gasteiger partial charge in [0.2, 0.25) is 6.42 Å². The van der Waals surface area contributed by atoms with Gasteiger partial charge in [-0.2, -0.15) is 0 Å². The minimum absolute atomic E-state index is 0.718. The molecule has 4 heterocycles. The number of rotatable bonds is 2. The Morgan fingerprint density at radius 2 is 1.71 bits per heavy atom. The number of nitrogens with zero attached hydrogens (tertiary/aromatic N) is 4. The van der Waals surface area contributed by atoms with E-state index in [1.54, 1.807) is 0 Å². The summed E-state index contributed by atoms with van der Waals surface area (Å²) in [6.07, 6.45) is 11.3. The SMILES string of the molecule is Cc1ccn([B-]2(n3nccc3C)C3CCCC2CCC3)n1. The van der Waals surface area contributed by atoms with E-state index < -0.39 is 6.42 Å². The van der Waals surface area contributed by atoms with E-state index in [1.165, 1.54) is 44.2 Å². The highest BCUT2D eigenvalue weighted by Crippen LogP contribution is 2.53. The van der Waals surface area contributed by atoms with Crippen molar-refractivity contribution in [3.8, 4) is 0 Å². The summed E-state index contributed by atoms with van der Waals surface area (Å²) in [6, 6.07) is 4.29. The molecule has 112 valence electrons. The van der Waals surface area contributed by atoms with Gasteiger partial charge in [-0.3, -0.25) is 0 Å².